The van der Waals surface area contributed by atoms with Crippen molar-refractivity contribution in [1.82, 2.24) is 19.7 Å². The predicted molar refractivity (Wildman–Crippen MR) is 81.9 cm³/mol. The number of benzene rings is 1. The van der Waals surface area contributed by atoms with E-state index in [-0.39, 0.29) is 0 Å². The van der Waals surface area contributed by atoms with Crippen LogP contribution >= 0.6 is 11.3 Å². The Morgan fingerprint density at radius 2 is 2.05 bits per heavy atom. The second kappa shape index (κ2) is 4.11. The van der Waals surface area contributed by atoms with Gasteiger partial charge in [0.1, 0.15) is 0 Å². The zero-order valence-corrected chi connectivity index (χ0v) is 12.0. The maximum absolute atomic E-state index is 4.46. The monoisotopic (exact) mass is 280 g/mol. The maximum atomic E-state index is 4.46. The normalized spacial score (nSPS) is 11.5. The summed E-state index contributed by atoms with van der Waals surface area (Å²) in [6.45, 7) is 2.02. The number of aromatic nitrogens is 4. The summed E-state index contributed by atoms with van der Waals surface area (Å²) >= 11 is 1.70. The van der Waals surface area contributed by atoms with Gasteiger partial charge in [0.05, 0.1) is 15.9 Å². The Kier molecular flexibility index (Phi) is 2.37. The van der Waals surface area contributed by atoms with Crippen molar-refractivity contribution in [3.63, 3.8) is 0 Å². The average molecular weight is 280 g/mol. The van der Waals surface area contributed by atoms with Gasteiger partial charge in [-0.1, -0.05) is 12.1 Å². The van der Waals surface area contributed by atoms with E-state index in [2.05, 4.69) is 33.3 Å². The summed E-state index contributed by atoms with van der Waals surface area (Å²) in [5.41, 5.74) is 3.13. The number of fused-ring (bicyclic) bond motifs is 3. The van der Waals surface area contributed by atoms with E-state index < -0.39 is 0 Å². The third kappa shape index (κ3) is 1.71. The lowest BCUT2D eigenvalue weighted by Crippen LogP contribution is -1.84. The topological polar surface area (TPSA) is 43.6 Å². The van der Waals surface area contributed by atoms with E-state index >= 15 is 0 Å². The fourth-order valence-corrected chi connectivity index (χ4v) is 3.33. The molecule has 0 atom stereocenters. The second-order valence-electron chi connectivity index (χ2n) is 4.85. The minimum Gasteiger partial charge on any atom is -0.275 e. The summed E-state index contributed by atoms with van der Waals surface area (Å²) in [7, 11) is 1.93. The van der Waals surface area contributed by atoms with Crippen LogP contribution in [0.15, 0.2) is 36.8 Å². The van der Waals surface area contributed by atoms with Crippen LogP contribution in [0.4, 0.5) is 0 Å². The Balaban J connectivity index is 2.03. The van der Waals surface area contributed by atoms with Crippen molar-refractivity contribution in [2.75, 3.05) is 0 Å². The molecule has 4 nitrogen and oxygen atoms in total. The lowest BCUT2D eigenvalue weighted by molar-refractivity contribution is 0.768. The standard InChI is InChI=1S/C15H12N4S/c1-9-18-15-14(20-9)13-5-10(3-4-11(13)6-16-15)12-7-17-19(2)8-12/h3-8H,1-2H3. The highest BCUT2D eigenvalue weighted by Gasteiger charge is 2.08. The van der Waals surface area contributed by atoms with E-state index in [1.165, 1.54) is 10.9 Å². The summed E-state index contributed by atoms with van der Waals surface area (Å²) < 4.78 is 2.98. The Bertz CT molecular complexity index is 936. The van der Waals surface area contributed by atoms with Gasteiger partial charge in [-0.05, 0) is 18.6 Å². The van der Waals surface area contributed by atoms with Gasteiger partial charge in [0, 0.05) is 35.8 Å². The molecular weight excluding hydrogens is 268 g/mol. The minimum absolute atomic E-state index is 0.836. The van der Waals surface area contributed by atoms with Crippen LogP contribution in [0.25, 0.3) is 32.2 Å². The largest absolute Gasteiger partial charge is 0.275 e. The van der Waals surface area contributed by atoms with Crippen LogP contribution in [0, 0.1) is 6.92 Å². The molecule has 1 aromatic carbocycles. The number of pyridine rings is 1. The van der Waals surface area contributed by atoms with Crippen molar-refractivity contribution in [3.8, 4) is 11.1 Å². The molecule has 98 valence electrons. The van der Waals surface area contributed by atoms with Gasteiger partial charge in [0.25, 0.3) is 0 Å². The summed E-state index contributed by atoms with van der Waals surface area (Å²) in [6, 6.07) is 6.42. The van der Waals surface area contributed by atoms with E-state index in [0.29, 0.717) is 0 Å². The molecule has 0 N–H and O–H groups in total. The molecule has 3 heterocycles. The minimum atomic E-state index is 0.836. The van der Waals surface area contributed by atoms with Crippen molar-refractivity contribution in [3.05, 3.63) is 41.8 Å². The van der Waals surface area contributed by atoms with Gasteiger partial charge < -0.3 is 0 Å². The fourth-order valence-electron chi connectivity index (χ4n) is 2.43. The van der Waals surface area contributed by atoms with Gasteiger partial charge in [-0.15, -0.1) is 11.3 Å². The van der Waals surface area contributed by atoms with Crippen LogP contribution in [-0.4, -0.2) is 19.7 Å². The summed E-state index contributed by atoms with van der Waals surface area (Å²) in [4.78, 5) is 8.88. The van der Waals surface area contributed by atoms with Crippen LogP contribution in [-0.2, 0) is 7.05 Å². The molecule has 0 saturated heterocycles. The van der Waals surface area contributed by atoms with Crippen LogP contribution in [0.2, 0.25) is 0 Å². The fraction of sp³-hybridized carbons (Fsp3) is 0.133. The van der Waals surface area contributed by atoms with Gasteiger partial charge in [0.2, 0.25) is 0 Å². The lowest BCUT2D eigenvalue weighted by Gasteiger charge is -2.02. The van der Waals surface area contributed by atoms with Gasteiger partial charge in [0.15, 0.2) is 5.65 Å². The van der Waals surface area contributed by atoms with E-state index in [0.717, 1.165) is 26.3 Å². The molecule has 0 spiro atoms. The van der Waals surface area contributed by atoms with Gasteiger partial charge >= 0.3 is 0 Å². The number of aryl methyl sites for hydroxylation is 2. The van der Waals surface area contributed by atoms with Crippen LogP contribution < -0.4 is 0 Å². The molecule has 0 unspecified atom stereocenters. The highest BCUT2D eigenvalue weighted by molar-refractivity contribution is 7.19. The zero-order chi connectivity index (χ0) is 13.7. The smallest absolute Gasteiger partial charge is 0.171 e. The molecule has 0 aliphatic heterocycles. The molecular formula is C15H12N4S. The van der Waals surface area contributed by atoms with Crippen LogP contribution in [0.1, 0.15) is 5.01 Å². The summed E-state index contributed by atoms with van der Waals surface area (Å²) in [6.07, 6.45) is 5.80. The molecule has 20 heavy (non-hydrogen) atoms. The molecule has 0 saturated carbocycles. The molecule has 0 aliphatic carbocycles. The van der Waals surface area contributed by atoms with Crippen molar-refractivity contribution < 1.29 is 0 Å². The number of hydrogen-bond acceptors (Lipinski definition) is 4. The third-order valence-electron chi connectivity index (χ3n) is 3.38. The van der Waals surface area contributed by atoms with E-state index in [4.69, 9.17) is 0 Å². The number of hydrogen-bond donors (Lipinski definition) is 0. The first-order chi connectivity index (χ1) is 9.70. The van der Waals surface area contributed by atoms with Crippen LogP contribution in [0.5, 0.6) is 0 Å². The quantitative estimate of drug-likeness (QED) is 0.535. The molecule has 3 aromatic heterocycles. The highest BCUT2D eigenvalue weighted by atomic mass is 32.1. The van der Waals surface area contributed by atoms with Crippen molar-refractivity contribution in [1.29, 1.82) is 0 Å². The average Bonchev–Trinajstić information content (AvgIpc) is 3.03. The van der Waals surface area contributed by atoms with Crippen molar-refractivity contribution >= 4 is 32.5 Å². The zero-order valence-electron chi connectivity index (χ0n) is 11.2. The summed E-state index contributed by atoms with van der Waals surface area (Å²) in [5, 5.41) is 7.64. The van der Waals surface area contributed by atoms with Gasteiger partial charge in [-0.3, -0.25) is 4.68 Å². The maximum Gasteiger partial charge on any atom is 0.171 e. The number of nitrogens with zero attached hydrogens (tertiary/aromatic N) is 4. The van der Waals surface area contributed by atoms with E-state index in [1.54, 1.807) is 11.3 Å². The van der Waals surface area contributed by atoms with Gasteiger partial charge in [-0.2, -0.15) is 5.10 Å². The molecule has 5 heteroatoms. The molecule has 0 aliphatic rings. The first-order valence-electron chi connectivity index (χ1n) is 6.35. The Morgan fingerprint density at radius 3 is 2.85 bits per heavy atom. The molecule has 0 bridgehead atoms. The van der Waals surface area contributed by atoms with Crippen LogP contribution in [0.3, 0.4) is 0 Å². The first-order valence-corrected chi connectivity index (χ1v) is 7.17. The predicted octanol–water partition coefficient (Wildman–Crippen LogP) is 3.55. The van der Waals surface area contributed by atoms with E-state index in [1.807, 2.05) is 37.2 Å². The number of rotatable bonds is 1. The molecule has 0 amide bonds. The SMILES string of the molecule is Cc1nc2ncc3ccc(-c4cnn(C)c4)cc3c2s1. The Labute approximate surface area is 119 Å². The lowest BCUT2D eigenvalue weighted by atomic mass is 10.1. The first kappa shape index (κ1) is 11.5. The van der Waals surface area contributed by atoms with E-state index in [9.17, 15) is 0 Å². The Hall–Kier alpha value is -2.27. The molecule has 0 radical (unpaired) electrons. The molecule has 4 rings (SSSR count). The summed E-state index contributed by atoms with van der Waals surface area (Å²) in [5.74, 6) is 0. The second-order valence-corrected chi connectivity index (χ2v) is 6.05. The number of thiazole rings is 1. The highest BCUT2D eigenvalue weighted by Crippen LogP contribution is 2.31. The van der Waals surface area contributed by atoms with Crippen molar-refractivity contribution in [2.24, 2.45) is 7.05 Å². The van der Waals surface area contributed by atoms with Crippen molar-refractivity contribution in [2.45, 2.75) is 6.92 Å². The molecule has 4 aromatic rings. The third-order valence-corrected chi connectivity index (χ3v) is 4.37. The Morgan fingerprint density at radius 1 is 1.15 bits per heavy atom. The molecule has 0 fully saturated rings. The van der Waals surface area contributed by atoms with Gasteiger partial charge in [-0.25, -0.2) is 9.97 Å².